The largest absolute Gasteiger partial charge is 0.382 e. The number of hydrogen-bond acceptors (Lipinski definition) is 7. The number of nitrogens with two attached hydrogens (primary N) is 1. The average Bonchev–Trinajstić information content (AvgIpc) is 3.08. The fourth-order valence-corrected chi connectivity index (χ4v) is 3.00. The number of fused-ring (bicyclic) bond motifs is 1. The molecular formula is C19H15FN8. The van der Waals surface area contributed by atoms with Crippen LogP contribution in [0.1, 0.15) is 24.1 Å². The second kappa shape index (κ2) is 6.92. The van der Waals surface area contributed by atoms with Crippen LogP contribution in [0, 0.1) is 17.3 Å². The highest BCUT2D eigenvalue weighted by Gasteiger charge is 2.19. The lowest BCUT2D eigenvalue weighted by Gasteiger charge is -2.19. The van der Waals surface area contributed by atoms with Crippen molar-refractivity contribution >= 4 is 17.3 Å². The summed E-state index contributed by atoms with van der Waals surface area (Å²) in [6, 6.07) is 9.00. The number of nitrogen functional groups attached to an aromatic ring is 1. The number of nitriles is 1. The highest BCUT2D eigenvalue weighted by molar-refractivity contribution is 5.69. The van der Waals surface area contributed by atoms with Gasteiger partial charge >= 0.3 is 0 Å². The summed E-state index contributed by atoms with van der Waals surface area (Å²) in [5.41, 5.74) is 8.62. The summed E-state index contributed by atoms with van der Waals surface area (Å²) in [6.07, 6.45) is 5.79. The average molecular weight is 374 g/mol. The van der Waals surface area contributed by atoms with Crippen LogP contribution in [0.5, 0.6) is 0 Å². The zero-order valence-corrected chi connectivity index (χ0v) is 14.8. The third-order valence-electron chi connectivity index (χ3n) is 4.38. The zero-order chi connectivity index (χ0) is 19.7. The Labute approximate surface area is 159 Å². The normalized spacial score (nSPS) is 11.9. The van der Waals surface area contributed by atoms with Crippen molar-refractivity contribution in [2.45, 2.75) is 13.0 Å². The molecule has 4 aromatic rings. The topological polar surface area (TPSA) is 118 Å². The molecular weight excluding hydrogens is 359 g/mol. The Bertz CT molecular complexity index is 1200. The quantitative estimate of drug-likeness (QED) is 0.564. The van der Waals surface area contributed by atoms with Crippen LogP contribution in [0.3, 0.4) is 0 Å². The van der Waals surface area contributed by atoms with Gasteiger partial charge in [0.2, 0.25) is 5.95 Å². The molecule has 1 atom stereocenters. The molecule has 28 heavy (non-hydrogen) atoms. The molecule has 9 heteroatoms. The molecule has 4 heterocycles. The van der Waals surface area contributed by atoms with Gasteiger partial charge in [-0.05, 0) is 30.7 Å². The Hall–Kier alpha value is -4.06. The second-order valence-electron chi connectivity index (χ2n) is 6.13. The van der Waals surface area contributed by atoms with E-state index in [1.165, 1.54) is 10.7 Å². The first kappa shape index (κ1) is 17.4. The molecule has 138 valence electrons. The van der Waals surface area contributed by atoms with Crippen LogP contribution in [-0.2, 0) is 0 Å². The van der Waals surface area contributed by atoms with Gasteiger partial charge in [-0.15, -0.1) is 0 Å². The van der Waals surface area contributed by atoms with Crippen LogP contribution < -0.4 is 11.1 Å². The minimum Gasteiger partial charge on any atom is -0.382 e. The molecule has 0 spiro atoms. The number of imidazole rings is 1. The summed E-state index contributed by atoms with van der Waals surface area (Å²) in [4.78, 5) is 16.4. The first-order valence-corrected chi connectivity index (χ1v) is 8.43. The highest BCUT2D eigenvalue weighted by atomic mass is 19.1. The number of anilines is 2. The molecule has 0 aliphatic rings. The van der Waals surface area contributed by atoms with Crippen LogP contribution in [0.15, 0.2) is 49.2 Å². The van der Waals surface area contributed by atoms with Crippen molar-refractivity contribution in [3.8, 4) is 17.3 Å². The first-order valence-electron chi connectivity index (χ1n) is 8.43. The summed E-state index contributed by atoms with van der Waals surface area (Å²) in [7, 11) is 0. The van der Waals surface area contributed by atoms with E-state index in [9.17, 15) is 9.65 Å². The lowest BCUT2D eigenvalue weighted by Crippen LogP contribution is -2.13. The molecule has 0 amide bonds. The standard InChI is InChI=1S/C19H15FN8/c1-11(27-19-13(7-21)18(22)25-10-26-19)12-6-17-24-8-16(20)28(17)9-14(12)15-4-2-3-5-23-15/h2-6,8-11H,1H3,(H3,22,25,26,27)/t11-/m0/s1. The third-order valence-corrected chi connectivity index (χ3v) is 4.38. The van der Waals surface area contributed by atoms with Crippen molar-refractivity contribution in [3.63, 3.8) is 0 Å². The van der Waals surface area contributed by atoms with E-state index in [1.54, 1.807) is 18.5 Å². The number of pyridine rings is 2. The van der Waals surface area contributed by atoms with Crippen LogP contribution in [0.25, 0.3) is 16.9 Å². The van der Waals surface area contributed by atoms with Crippen molar-refractivity contribution < 1.29 is 4.39 Å². The van der Waals surface area contributed by atoms with E-state index in [-0.39, 0.29) is 17.4 Å². The summed E-state index contributed by atoms with van der Waals surface area (Å²) < 4.78 is 15.4. The van der Waals surface area contributed by atoms with Gasteiger partial charge in [-0.2, -0.15) is 9.65 Å². The van der Waals surface area contributed by atoms with Gasteiger partial charge in [0.15, 0.2) is 0 Å². The number of aromatic nitrogens is 5. The van der Waals surface area contributed by atoms with Crippen molar-refractivity contribution in [2.75, 3.05) is 11.1 Å². The predicted molar refractivity (Wildman–Crippen MR) is 102 cm³/mol. The molecule has 0 aliphatic heterocycles. The number of nitrogens with zero attached hydrogens (tertiary/aromatic N) is 6. The third kappa shape index (κ3) is 2.97. The van der Waals surface area contributed by atoms with Crippen molar-refractivity contribution in [3.05, 3.63) is 66.3 Å². The van der Waals surface area contributed by atoms with Crippen LogP contribution in [-0.4, -0.2) is 24.3 Å². The highest BCUT2D eigenvalue weighted by Crippen LogP contribution is 2.31. The van der Waals surface area contributed by atoms with Gasteiger partial charge in [-0.1, -0.05) is 6.07 Å². The second-order valence-corrected chi connectivity index (χ2v) is 6.13. The van der Waals surface area contributed by atoms with Gasteiger partial charge in [0, 0.05) is 18.0 Å². The molecule has 0 saturated carbocycles. The minimum absolute atomic E-state index is 0.0999. The summed E-state index contributed by atoms with van der Waals surface area (Å²) in [5, 5.41) is 12.5. The molecule has 4 rings (SSSR count). The minimum atomic E-state index is -0.463. The van der Waals surface area contributed by atoms with E-state index in [4.69, 9.17) is 5.73 Å². The molecule has 0 unspecified atom stereocenters. The van der Waals surface area contributed by atoms with E-state index in [0.29, 0.717) is 17.2 Å². The Balaban J connectivity index is 1.83. The number of hydrogen-bond donors (Lipinski definition) is 2. The number of halogens is 1. The van der Waals surface area contributed by atoms with Gasteiger partial charge in [-0.25, -0.2) is 15.0 Å². The Morgan fingerprint density at radius 3 is 2.86 bits per heavy atom. The van der Waals surface area contributed by atoms with Gasteiger partial charge < -0.3 is 11.1 Å². The molecule has 0 fully saturated rings. The molecule has 0 radical (unpaired) electrons. The molecule has 0 aliphatic carbocycles. The fraction of sp³-hybridized carbons (Fsp3) is 0.105. The van der Waals surface area contributed by atoms with Gasteiger partial charge in [0.1, 0.15) is 35.2 Å². The molecule has 8 nitrogen and oxygen atoms in total. The summed E-state index contributed by atoms with van der Waals surface area (Å²) in [6.45, 7) is 1.90. The first-order chi connectivity index (χ1) is 13.6. The van der Waals surface area contributed by atoms with Gasteiger partial charge in [0.05, 0.1) is 17.9 Å². The van der Waals surface area contributed by atoms with E-state index in [1.807, 2.05) is 31.2 Å². The predicted octanol–water partition coefficient (Wildman–Crippen LogP) is 2.95. The van der Waals surface area contributed by atoms with E-state index < -0.39 is 5.95 Å². The molecule has 0 aromatic carbocycles. The lowest BCUT2D eigenvalue weighted by atomic mass is 10.0. The zero-order valence-electron chi connectivity index (χ0n) is 14.8. The molecule has 4 aromatic heterocycles. The summed E-state index contributed by atoms with van der Waals surface area (Å²) in [5.74, 6) is -0.0403. The number of nitrogens with one attached hydrogen (secondary N) is 1. The Morgan fingerprint density at radius 1 is 1.25 bits per heavy atom. The van der Waals surface area contributed by atoms with Crippen LogP contribution >= 0.6 is 0 Å². The molecule has 0 bridgehead atoms. The van der Waals surface area contributed by atoms with Gasteiger partial charge in [-0.3, -0.25) is 9.38 Å². The van der Waals surface area contributed by atoms with Crippen LogP contribution in [0.2, 0.25) is 0 Å². The maximum atomic E-state index is 14.1. The van der Waals surface area contributed by atoms with E-state index in [2.05, 4.69) is 25.3 Å². The SMILES string of the molecule is C[C@H](Nc1ncnc(N)c1C#N)c1cc2ncc(F)n2cc1-c1ccccn1. The lowest BCUT2D eigenvalue weighted by molar-refractivity contribution is 0.573. The Morgan fingerprint density at radius 2 is 2.11 bits per heavy atom. The van der Waals surface area contributed by atoms with Crippen molar-refractivity contribution in [1.29, 1.82) is 5.26 Å². The number of rotatable bonds is 4. The maximum absolute atomic E-state index is 14.1. The van der Waals surface area contributed by atoms with Crippen molar-refractivity contribution in [2.24, 2.45) is 0 Å². The molecule has 0 saturated heterocycles. The van der Waals surface area contributed by atoms with E-state index >= 15 is 0 Å². The Kier molecular flexibility index (Phi) is 4.29. The monoisotopic (exact) mass is 374 g/mol. The van der Waals surface area contributed by atoms with E-state index in [0.717, 1.165) is 17.3 Å². The smallest absolute Gasteiger partial charge is 0.217 e. The maximum Gasteiger partial charge on any atom is 0.217 e. The van der Waals surface area contributed by atoms with Gasteiger partial charge in [0.25, 0.3) is 0 Å². The van der Waals surface area contributed by atoms with Crippen molar-refractivity contribution in [1.82, 2.24) is 24.3 Å². The fourth-order valence-electron chi connectivity index (χ4n) is 3.00. The van der Waals surface area contributed by atoms with Crippen LogP contribution in [0.4, 0.5) is 16.0 Å². The molecule has 3 N–H and O–H groups in total. The summed E-state index contributed by atoms with van der Waals surface area (Å²) >= 11 is 0.